The summed E-state index contributed by atoms with van der Waals surface area (Å²) >= 11 is 0. The Bertz CT molecular complexity index is 468. The lowest BCUT2D eigenvalue weighted by Crippen LogP contribution is -2.57. The van der Waals surface area contributed by atoms with Crippen LogP contribution in [0.5, 0.6) is 0 Å². The molecular formula is C14H17N3O2. The average Bonchev–Trinajstić information content (AvgIpc) is 2.44. The van der Waals surface area contributed by atoms with Crippen LogP contribution in [0.2, 0.25) is 0 Å². The van der Waals surface area contributed by atoms with E-state index >= 15 is 0 Å². The first-order valence-electron chi connectivity index (χ1n) is 6.56. The predicted molar refractivity (Wildman–Crippen MR) is 70.4 cm³/mol. The number of ether oxygens (including phenoxy) is 2. The van der Waals surface area contributed by atoms with Crippen molar-refractivity contribution in [1.29, 1.82) is 5.26 Å². The lowest BCUT2D eigenvalue weighted by Gasteiger charge is -2.45. The molecule has 2 aliphatic heterocycles. The van der Waals surface area contributed by atoms with Crippen LogP contribution in [-0.4, -0.2) is 43.8 Å². The Morgan fingerprint density at radius 2 is 1.74 bits per heavy atom. The predicted octanol–water partition coefficient (Wildman–Crippen LogP) is 1.36. The first kappa shape index (κ1) is 12.4. The minimum Gasteiger partial charge on any atom is -0.369 e. The topological polar surface area (TPSA) is 48.7 Å². The molecule has 0 N–H and O–H groups in total. The van der Waals surface area contributed by atoms with Crippen molar-refractivity contribution in [3.8, 4) is 6.07 Å². The summed E-state index contributed by atoms with van der Waals surface area (Å²) in [6.45, 7) is 5.66. The van der Waals surface area contributed by atoms with Gasteiger partial charge in [0.25, 0.3) is 0 Å². The van der Waals surface area contributed by atoms with Gasteiger partial charge < -0.3 is 14.4 Å². The third-order valence-electron chi connectivity index (χ3n) is 3.59. The van der Waals surface area contributed by atoms with Gasteiger partial charge in [-0.2, -0.15) is 5.26 Å². The number of rotatable bonds is 2. The number of nitrogens with zero attached hydrogens (tertiary/aromatic N) is 3. The van der Waals surface area contributed by atoms with E-state index in [9.17, 15) is 0 Å². The van der Waals surface area contributed by atoms with Crippen LogP contribution in [0.15, 0.2) is 24.3 Å². The first-order valence-corrected chi connectivity index (χ1v) is 6.56. The van der Waals surface area contributed by atoms with Gasteiger partial charge in [0.2, 0.25) is 6.41 Å². The van der Waals surface area contributed by atoms with Gasteiger partial charge in [-0.15, -0.1) is 0 Å². The van der Waals surface area contributed by atoms with Crippen LogP contribution in [0.25, 0.3) is 0 Å². The van der Waals surface area contributed by atoms with Gasteiger partial charge in [0.15, 0.2) is 6.29 Å². The van der Waals surface area contributed by atoms with Gasteiger partial charge in [-0.25, -0.2) is 0 Å². The SMILES string of the molecule is CC1OC(N2CCN(c3ccc(C#N)cc3)CC2)O1. The fourth-order valence-electron chi connectivity index (χ4n) is 2.45. The van der Waals surface area contributed by atoms with Crippen LogP contribution >= 0.6 is 0 Å². The number of anilines is 1. The van der Waals surface area contributed by atoms with Crippen LogP contribution in [0.1, 0.15) is 12.5 Å². The van der Waals surface area contributed by atoms with Crippen molar-refractivity contribution in [2.45, 2.75) is 19.6 Å². The molecule has 0 radical (unpaired) electrons. The molecule has 5 nitrogen and oxygen atoms in total. The summed E-state index contributed by atoms with van der Waals surface area (Å²) in [4.78, 5) is 4.53. The van der Waals surface area contributed by atoms with Crippen LogP contribution in [-0.2, 0) is 9.47 Å². The molecule has 0 aliphatic carbocycles. The van der Waals surface area contributed by atoms with Crippen molar-refractivity contribution in [1.82, 2.24) is 4.90 Å². The molecule has 100 valence electrons. The van der Waals surface area contributed by atoms with E-state index in [1.165, 1.54) is 5.69 Å². The van der Waals surface area contributed by atoms with Crippen LogP contribution in [0.4, 0.5) is 5.69 Å². The van der Waals surface area contributed by atoms with E-state index in [0.29, 0.717) is 5.56 Å². The maximum Gasteiger partial charge on any atom is 0.223 e. The molecular weight excluding hydrogens is 242 g/mol. The first-order chi connectivity index (χ1) is 9.26. The smallest absolute Gasteiger partial charge is 0.223 e. The second kappa shape index (κ2) is 5.17. The minimum absolute atomic E-state index is 0.0680. The maximum absolute atomic E-state index is 8.79. The zero-order valence-corrected chi connectivity index (χ0v) is 11.0. The molecule has 2 aliphatic rings. The number of benzene rings is 1. The Morgan fingerprint density at radius 3 is 2.26 bits per heavy atom. The van der Waals surface area contributed by atoms with Gasteiger partial charge in [0.1, 0.15) is 0 Å². The Balaban J connectivity index is 1.56. The van der Waals surface area contributed by atoms with Crippen molar-refractivity contribution >= 4 is 5.69 Å². The molecule has 0 atom stereocenters. The quantitative estimate of drug-likeness (QED) is 0.802. The molecule has 0 bridgehead atoms. The molecule has 19 heavy (non-hydrogen) atoms. The zero-order chi connectivity index (χ0) is 13.2. The van der Waals surface area contributed by atoms with E-state index in [2.05, 4.69) is 15.9 Å². The highest BCUT2D eigenvalue weighted by molar-refractivity contribution is 5.50. The van der Waals surface area contributed by atoms with Crippen molar-refractivity contribution in [2.24, 2.45) is 0 Å². The molecule has 1 aromatic carbocycles. The summed E-state index contributed by atoms with van der Waals surface area (Å²) in [6, 6.07) is 9.88. The fourth-order valence-corrected chi connectivity index (χ4v) is 2.45. The molecule has 0 amide bonds. The van der Waals surface area contributed by atoms with E-state index in [1.807, 2.05) is 31.2 Å². The number of hydrogen-bond acceptors (Lipinski definition) is 5. The van der Waals surface area contributed by atoms with Crippen molar-refractivity contribution in [3.63, 3.8) is 0 Å². The van der Waals surface area contributed by atoms with Gasteiger partial charge >= 0.3 is 0 Å². The molecule has 0 unspecified atom stereocenters. The number of nitriles is 1. The van der Waals surface area contributed by atoms with E-state index in [1.54, 1.807) is 0 Å². The number of piperazine rings is 1. The Kier molecular flexibility index (Phi) is 3.38. The van der Waals surface area contributed by atoms with Gasteiger partial charge in [0.05, 0.1) is 11.6 Å². The monoisotopic (exact) mass is 259 g/mol. The number of hydrogen-bond donors (Lipinski definition) is 0. The van der Waals surface area contributed by atoms with Crippen molar-refractivity contribution in [2.75, 3.05) is 31.1 Å². The van der Waals surface area contributed by atoms with Crippen LogP contribution in [0, 0.1) is 11.3 Å². The molecule has 1 aromatic rings. The van der Waals surface area contributed by atoms with E-state index in [-0.39, 0.29) is 12.7 Å². The largest absolute Gasteiger partial charge is 0.369 e. The zero-order valence-electron chi connectivity index (χ0n) is 11.0. The average molecular weight is 259 g/mol. The van der Waals surface area contributed by atoms with Gasteiger partial charge in [-0.1, -0.05) is 0 Å². The molecule has 0 aromatic heterocycles. The summed E-state index contributed by atoms with van der Waals surface area (Å²) < 4.78 is 11.0. The van der Waals surface area contributed by atoms with E-state index in [0.717, 1.165) is 26.2 Å². The normalized spacial score (nSPS) is 27.7. The van der Waals surface area contributed by atoms with Crippen molar-refractivity contribution in [3.05, 3.63) is 29.8 Å². The Labute approximate surface area is 112 Å². The summed E-state index contributed by atoms with van der Waals surface area (Å²) in [7, 11) is 0. The van der Waals surface area contributed by atoms with Crippen LogP contribution < -0.4 is 4.90 Å². The third-order valence-corrected chi connectivity index (χ3v) is 3.59. The molecule has 0 spiro atoms. The standard InChI is InChI=1S/C14H17N3O2/c1-11-18-14(19-11)17-8-6-16(7-9-17)13-4-2-12(10-15)3-5-13/h2-5,11,14H,6-9H2,1H3. The molecule has 0 saturated carbocycles. The van der Waals surface area contributed by atoms with Gasteiger partial charge in [-0.3, -0.25) is 4.90 Å². The molecule has 3 rings (SSSR count). The van der Waals surface area contributed by atoms with Crippen LogP contribution in [0.3, 0.4) is 0 Å². The second-order valence-corrected chi connectivity index (χ2v) is 4.83. The fraction of sp³-hybridized carbons (Fsp3) is 0.500. The molecule has 5 heteroatoms. The Morgan fingerprint density at radius 1 is 1.11 bits per heavy atom. The molecule has 2 fully saturated rings. The van der Waals surface area contributed by atoms with Gasteiger partial charge in [0, 0.05) is 31.9 Å². The summed E-state index contributed by atoms with van der Waals surface area (Å²) in [5.41, 5.74) is 1.87. The highest BCUT2D eigenvalue weighted by Gasteiger charge is 2.34. The molecule has 2 saturated heterocycles. The highest BCUT2D eigenvalue weighted by atomic mass is 16.9. The van der Waals surface area contributed by atoms with Gasteiger partial charge in [-0.05, 0) is 31.2 Å². The molecule has 2 heterocycles. The minimum atomic E-state index is -0.155. The summed E-state index contributed by atoms with van der Waals surface area (Å²) in [6.07, 6.45) is -0.223. The highest BCUT2D eigenvalue weighted by Crippen LogP contribution is 2.23. The van der Waals surface area contributed by atoms with E-state index < -0.39 is 0 Å². The second-order valence-electron chi connectivity index (χ2n) is 4.83. The Hall–Kier alpha value is -1.61. The summed E-state index contributed by atoms with van der Waals surface area (Å²) in [5, 5.41) is 8.79. The van der Waals surface area contributed by atoms with E-state index in [4.69, 9.17) is 14.7 Å². The third kappa shape index (κ3) is 2.56. The maximum atomic E-state index is 8.79. The lowest BCUT2D eigenvalue weighted by molar-refractivity contribution is -0.422. The lowest BCUT2D eigenvalue weighted by atomic mass is 10.2. The van der Waals surface area contributed by atoms with Crippen molar-refractivity contribution < 1.29 is 9.47 Å². The summed E-state index contributed by atoms with van der Waals surface area (Å²) in [5.74, 6) is 0.